The highest BCUT2D eigenvalue weighted by molar-refractivity contribution is 7.71. The molecule has 0 atom stereocenters. The summed E-state index contributed by atoms with van der Waals surface area (Å²) in [6.45, 7) is 0.824. The van der Waals surface area contributed by atoms with Gasteiger partial charge in [0.1, 0.15) is 6.61 Å². The lowest BCUT2D eigenvalue weighted by molar-refractivity contribution is 0.281. The molecular formula is C23H21ClN4O2S. The number of methoxy groups -OCH3 is 1. The number of nitrogens with one attached hydrogen (secondary N) is 2. The van der Waals surface area contributed by atoms with E-state index in [1.165, 1.54) is 0 Å². The van der Waals surface area contributed by atoms with E-state index < -0.39 is 0 Å². The number of hydrogen-bond acceptors (Lipinski definition) is 5. The maximum Gasteiger partial charge on any atom is 0.214 e. The first kappa shape index (κ1) is 21.0. The molecule has 0 saturated heterocycles. The minimum Gasteiger partial charge on any atom is -0.493 e. The van der Waals surface area contributed by atoms with Gasteiger partial charge in [-0.25, -0.2) is 9.77 Å². The number of ether oxygens (including phenoxy) is 2. The van der Waals surface area contributed by atoms with Gasteiger partial charge in [0, 0.05) is 16.1 Å². The molecule has 4 rings (SSSR count). The molecule has 0 radical (unpaired) electrons. The number of aromatic amines is 1. The van der Waals surface area contributed by atoms with E-state index >= 15 is 0 Å². The Morgan fingerprint density at radius 1 is 1.06 bits per heavy atom. The van der Waals surface area contributed by atoms with Crippen molar-refractivity contribution in [2.75, 3.05) is 12.5 Å². The van der Waals surface area contributed by atoms with E-state index in [2.05, 4.69) is 15.6 Å². The highest BCUT2D eigenvalue weighted by atomic mass is 35.5. The van der Waals surface area contributed by atoms with E-state index in [4.69, 9.17) is 33.3 Å². The normalized spacial score (nSPS) is 10.6. The number of H-pyrrole nitrogens is 1. The molecule has 3 aromatic carbocycles. The zero-order valence-corrected chi connectivity index (χ0v) is 18.4. The average Bonchev–Trinajstić information content (AvgIpc) is 3.17. The molecule has 1 aromatic heterocycles. The van der Waals surface area contributed by atoms with Crippen molar-refractivity contribution in [1.82, 2.24) is 14.9 Å². The monoisotopic (exact) mass is 452 g/mol. The van der Waals surface area contributed by atoms with E-state index in [1.807, 2.05) is 72.8 Å². The van der Waals surface area contributed by atoms with E-state index in [0.29, 0.717) is 40.3 Å². The van der Waals surface area contributed by atoms with Crippen molar-refractivity contribution in [3.8, 4) is 22.9 Å². The van der Waals surface area contributed by atoms with Crippen molar-refractivity contribution in [1.29, 1.82) is 0 Å². The third-order valence-electron chi connectivity index (χ3n) is 4.68. The van der Waals surface area contributed by atoms with Crippen molar-refractivity contribution in [2.45, 2.75) is 13.2 Å². The van der Waals surface area contributed by atoms with Gasteiger partial charge in [-0.1, -0.05) is 66.2 Å². The average molecular weight is 453 g/mol. The lowest BCUT2D eigenvalue weighted by atomic mass is 10.2. The van der Waals surface area contributed by atoms with Crippen LogP contribution in [0.5, 0.6) is 11.5 Å². The van der Waals surface area contributed by atoms with E-state index in [-0.39, 0.29) is 0 Å². The molecule has 0 spiro atoms. The largest absolute Gasteiger partial charge is 0.493 e. The highest BCUT2D eigenvalue weighted by Gasteiger charge is 2.13. The van der Waals surface area contributed by atoms with Crippen LogP contribution < -0.4 is 14.9 Å². The Bertz CT molecular complexity index is 1220. The Balaban J connectivity index is 1.57. The highest BCUT2D eigenvalue weighted by Crippen LogP contribution is 2.32. The minimum absolute atomic E-state index is 0.369. The maximum atomic E-state index is 6.13. The van der Waals surface area contributed by atoms with Crippen LogP contribution in [0.3, 0.4) is 0 Å². The van der Waals surface area contributed by atoms with Gasteiger partial charge in [0.2, 0.25) is 4.77 Å². The van der Waals surface area contributed by atoms with Crippen LogP contribution in [-0.4, -0.2) is 22.0 Å². The first-order valence-corrected chi connectivity index (χ1v) is 10.4. The van der Waals surface area contributed by atoms with Crippen molar-refractivity contribution in [3.05, 3.63) is 93.7 Å². The van der Waals surface area contributed by atoms with Gasteiger partial charge >= 0.3 is 0 Å². The van der Waals surface area contributed by atoms with Crippen molar-refractivity contribution in [2.24, 2.45) is 0 Å². The summed E-state index contributed by atoms with van der Waals surface area (Å²) >= 11 is 11.5. The van der Waals surface area contributed by atoms with Gasteiger partial charge in [-0.05, 0) is 36.0 Å². The molecule has 2 N–H and O–H groups in total. The maximum absolute atomic E-state index is 6.13. The molecule has 8 heteroatoms. The fourth-order valence-electron chi connectivity index (χ4n) is 3.20. The number of aromatic nitrogens is 3. The Kier molecular flexibility index (Phi) is 6.54. The van der Waals surface area contributed by atoms with Gasteiger partial charge in [0.25, 0.3) is 0 Å². The zero-order valence-electron chi connectivity index (χ0n) is 16.8. The Morgan fingerprint density at radius 3 is 2.65 bits per heavy atom. The third-order valence-corrected chi connectivity index (χ3v) is 5.19. The fourth-order valence-corrected chi connectivity index (χ4v) is 3.61. The van der Waals surface area contributed by atoms with Gasteiger partial charge in [-0.3, -0.25) is 0 Å². The second-order valence-corrected chi connectivity index (χ2v) is 7.58. The molecule has 0 aliphatic heterocycles. The quantitative estimate of drug-likeness (QED) is 0.341. The number of benzene rings is 3. The van der Waals surface area contributed by atoms with Crippen molar-refractivity contribution < 1.29 is 9.47 Å². The van der Waals surface area contributed by atoms with Gasteiger partial charge < -0.3 is 14.9 Å². The molecule has 6 nitrogen and oxygen atoms in total. The van der Waals surface area contributed by atoms with Crippen LogP contribution in [0.4, 0.5) is 0 Å². The van der Waals surface area contributed by atoms with Gasteiger partial charge in [0.05, 0.1) is 13.7 Å². The molecule has 158 valence electrons. The molecule has 0 bridgehead atoms. The molecule has 0 saturated carbocycles. The molecule has 4 aromatic rings. The summed E-state index contributed by atoms with van der Waals surface area (Å²) < 4.78 is 13.9. The lowest BCUT2D eigenvalue weighted by Gasteiger charge is -2.17. The molecule has 31 heavy (non-hydrogen) atoms. The molecule has 1 heterocycles. The summed E-state index contributed by atoms with van der Waals surface area (Å²) in [5.41, 5.74) is 6.18. The van der Waals surface area contributed by atoms with Crippen LogP contribution in [-0.2, 0) is 13.2 Å². The standard InChI is InChI=1S/C23H21ClN4O2S/c1-29-20-12-6-10-18(21(20)30-15-16-7-5-11-19(24)13-16)14-25-28-22(26-27-23(28)31)17-8-3-2-4-9-17/h2-13,25H,14-15H2,1H3,(H,27,31). The van der Waals surface area contributed by atoms with Gasteiger partial charge in [-0.15, -0.1) is 0 Å². The first-order chi connectivity index (χ1) is 15.2. The summed E-state index contributed by atoms with van der Waals surface area (Å²) in [6, 6.07) is 23.2. The zero-order chi connectivity index (χ0) is 21.6. The molecule has 0 aliphatic rings. The summed E-state index contributed by atoms with van der Waals surface area (Å²) in [6.07, 6.45) is 0. The molecule has 0 amide bonds. The van der Waals surface area contributed by atoms with E-state index in [0.717, 1.165) is 16.7 Å². The van der Waals surface area contributed by atoms with Crippen molar-refractivity contribution in [3.63, 3.8) is 0 Å². The van der Waals surface area contributed by atoms with E-state index in [9.17, 15) is 0 Å². The van der Waals surface area contributed by atoms with Gasteiger partial charge in [-0.2, -0.15) is 5.10 Å². The Morgan fingerprint density at radius 2 is 1.87 bits per heavy atom. The fraction of sp³-hybridized carbons (Fsp3) is 0.130. The number of para-hydroxylation sites is 1. The number of hydrogen-bond donors (Lipinski definition) is 2. The van der Waals surface area contributed by atoms with Crippen LogP contribution in [0, 0.1) is 4.77 Å². The SMILES string of the molecule is COc1cccc(CNn2c(-c3ccccc3)n[nH]c2=S)c1OCc1cccc(Cl)c1. The Hall–Kier alpha value is -3.29. The number of halogens is 1. The molecular weight excluding hydrogens is 432 g/mol. The van der Waals surface area contributed by atoms with Crippen LogP contribution in [0.2, 0.25) is 5.02 Å². The summed E-state index contributed by atoms with van der Waals surface area (Å²) in [7, 11) is 1.62. The number of rotatable bonds is 8. The second kappa shape index (κ2) is 9.68. The molecule has 0 aliphatic carbocycles. The summed E-state index contributed by atoms with van der Waals surface area (Å²) in [5, 5.41) is 7.87. The van der Waals surface area contributed by atoms with Crippen LogP contribution in [0.25, 0.3) is 11.4 Å². The van der Waals surface area contributed by atoms with Crippen LogP contribution >= 0.6 is 23.8 Å². The number of nitrogens with zero attached hydrogens (tertiary/aromatic N) is 2. The third kappa shape index (κ3) is 4.90. The first-order valence-electron chi connectivity index (χ1n) is 9.65. The van der Waals surface area contributed by atoms with Gasteiger partial charge in [0.15, 0.2) is 17.3 Å². The van der Waals surface area contributed by atoms with Crippen LogP contribution in [0.15, 0.2) is 72.8 Å². The predicted molar refractivity (Wildman–Crippen MR) is 125 cm³/mol. The topological polar surface area (TPSA) is 64.1 Å². The molecule has 0 fully saturated rings. The Labute approximate surface area is 190 Å². The summed E-state index contributed by atoms with van der Waals surface area (Å²) in [4.78, 5) is 0. The summed E-state index contributed by atoms with van der Waals surface area (Å²) in [5.74, 6) is 2.02. The van der Waals surface area contributed by atoms with E-state index in [1.54, 1.807) is 11.8 Å². The van der Waals surface area contributed by atoms with Crippen LogP contribution in [0.1, 0.15) is 11.1 Å². The molecule has 0 unspecified atom stereocenters. The smallest absolute Gasteiger partial charge is 0.214 e. The minimum atomic E-state index is 0.369. The second-order valence-electron chi connectivity index (χ2n) is 6.76. The van der Waals surface area contributed by atoms with Crippen molar-refractivity contribution >= 4 is 23.8 Å². The lowest BCUT2D eigenvalue weighted by Crippen LogP contribution is -2.16. The predicted octanol–water partition coefficient (Wildman–Crippen LogP) is 5.59.